The van der Waals surface area contributed by atoms with E-state index in [1.54, 1.807) is 12.1 Å². The van der Waals surface area contributed by atoms with Crippen molar-refractivity contribution in [2.75, 3.05) is 0 Å². The summed E-state index contributed by atoms with van der Waals surface area (Å²) in [5.41, 5.74) is 2.71. The van der Waals surface area contributed by atoms with Crippen LogP contribution < -0.4 is 0 Å². The second-order valence-electron chi connectivity index (χ2n) is 4.17. The first-order chi connectivity index (χ1) is 8.72. The number of pyridine rings is 1. The molecule has 2 aromatic heterocycles. The van der Waals surface area contributed by atoms with E-state index in [1.807, 2.05) is 41.1 Å². The zero-order valence-corrected chi connectivity index (χ0v) is 10.3. The SMILES string of the molecule is Oc1cccc(Cc2cn3cccc(Cl)c3n2)c1. The highest BCUT2D eigenvalue weighted by Gasteiger charge is 2.05. The summed E-state index contributed by atoms with van der Waals surface area (Å²) in [6.07, 6.45) is 4.54. The van der Waals surface area contributed by atoms with Gasteiger partial charge >= 0.3 is 0 Å². The summed E-state index contributed by atoms with van der Waals surface area (Å²) >= 11 is 6.08. The molecule has 0 saturated carbocycles. The summed E-state index contributed by atoms with van der Waals surface area (Å²) in [7, 11) is 0. The van der Waals surface area contributed by atoms with Gasteiger partial charge in [0.1, 0.15) is 5.75 Å². The van der Waals surface area contributed by atoms with Gasteiger partial charge in [0.2, 0.25) is 0 Å². The maximum Gasteiger partial charge on any atom is 0.155 e. The molecule has 90 valence electrons. The standard InChI is InChI=1S/C14H11ClN2O/c15-13-5-2-6-17-9-11(16-14(13)17)7-10-3-1-4-12(18)8-10/h1-6,8-9,18H,7H2. The van der Waals surface area contributed by atoms with E-state index in [0.717, 1.165) is 16.9 Å². The molecular weight excluding hydrogens is 248 g/mol. The van der Waals surface area contributed by atoms with Crippen molar-refractivity contribution in [2.24, 2.45) is 0 Å². The highest BCUT2D eigenvalue weighted by molar-refractivity contribution is 6.33. The van der Waals surface area contributed by atoms with Gasteiger partial charge in [0, 0.05) is 18.8 Å². The number of benzene rings is 1. The molecule has 0 unspecified atom stereocenters. The first-order valence-corrected chi connectivity index (χ1v) is 6.00. The molecule has 3 rings (SSSR count). The largest absolute Gasteiger partial charge is 0.508 e. The van der Waals surface area contributed by atoms with E-state index >= 15 is 0 Å². The Morgan fingerprint density at radius 1 is 1.22 bits per heavy atom. The van der Waals surface area contributed by atoms with E-state index in [4.69, 9.17) is 11.6 Å². The quantitative estimate of drug-likeness (QED) is 0.766. The Labute approximate surface area is 109 Å². The number of phenolic OH excluding ortho intramolecular Hbond substituents is 1. The molecule has 4 heteroatoms. The molecule has 0 radical (unpaired) electrons. The van der Waals surface area contributed by atoms with Crippen LogP contribution in [0.4, 0.5) is 0 Å². The van der Waals surface area contributed by atoms with Crippen molar-refractivity contribution in [1.82, 2.24) is 9.38 Å². The Morgan fingerprint density at radius 3 is 2.89 bits per heavy atom. The second-order valence-corrected chi connectivity index (χ2v) is 4.57. The molecule has 0 amide bonds. The third kappa shape index (κ3) is 2.05. The van der Waals surface area contributed by atoms with Crippen LogP contribution in [0.5, 0.6) is 5.75 Å². The molecule has 0 saturated heterocycles. The maximum absolute atomic E-state index is 9.43. The van der Waals surface area contributed by atoms with Crippen molar-refractivity contribution in [3.8, 4) is 5.75 Å². The van der Waals surface area contributed by atoms with Crippen molar-refractivity contribution < 1.29 is 5.11 Å². The number of fused-ring (bicyclic) bond motifs is 1. The lowest BCUT2D eigenvalue weighted by Gasteiger charge is -1.98. The number of imidazole rings is 1. The van der Waals surface area contributed by atoms with Gasteiger partial charge in [0.25, 0.3) is 0 Å². The minimum absolute atomic E-state index is 0.272. The fraction of sp³-hybridized carbons (Fsp3) is 0.0714. The fourth-order valence-corrected chi connectivity index (χ4v) is 2.20. The average Bonchev–Trinajstić information content (AvgIpc) is 2.73. The summed E-state index contributed by atoms with van der Waals surface area (Å²) in [4.78, 5) is 4.49. The van der Waals surface area contributed by atoms with Crippen LogP contribution >= 0.6 is 11.6 Å². The van der Waals surface area contributed by atoms with Crippen molar-refractivity contribution in [2.45, 2.75) is 6.42 Å². The highest BCUT2D eigenvalue weighted by atomic mass is 35.5. The lowest BCUT2D eigenvalue weighted by atomic mass is 10.1. The van der Waals surface area contributed by atoms with Crippen molar-refractivity contribution in [3.63, 3.8) is 0 Å². The number of hydrogen-bond acceptors (Lipinski definition) is 2. The van der Waals surface area contributed by atoms with Gasteiger partial charge in [-0.1, -0.05) is 23.7 Å². The van der Waals surface area contributed by atoms with E-state index < -0.39 is 0 Å². The van der Waals surface area contributed by atoms with Gasteiger partial charge in [0.05, 0.1) is 10.7 Å². The van der Waals surface area contributed by atoms with E-state index in [0.29, 0.717) is 11.4 Å². The molecular formula is C14H11ClN2O. The summed E-state index contributed by atoms with van der Waals surface area (Å²) in [6.45, 7) is 0. The molecule has 1 N–H and O–H groups in total. The summed E-state index contributed by atoms with van der Waals surface area (Å²) < 4.78 is 1.90. The summed E-state index contributed by atoms with van der Waals surface area (Å²) in [5, 5.41) is 10.1. The molecule has 18 heavy (non-hydrogen) atoms. The van der Waals surface area contributed by atoms with Crippen molar-refractivity contribution in [3.05, 3.63) is 65.1 Å². The van der Waals surface area contributed by atoms with Gasteiger partial charge < -0.3 is 9.51 Å². The number of aromatic nitrogens is 2. The lowest BCUT2D eigenvalue weighted by molar-refractivity contribution is 0.474. The number of phenols is 1. The van der Waals surface area contributed by atoms with Crippen LogP contribution in [0.2, 0.25) is 5.02 Å². The monoisotopic (exact) mass is 258 g/mol. The van der Waals surface area contributed by atoms with Crippen LogP contribution in [0.15, 0.2) is 48.8 Å². The number of nitrogens with zero attached hydrogens (tertiary/aromatic N) is 2. The minimum atomic E-state index is 0.272. The molecule has 0 bridgehead atoms. The molecule has 3 nitrogen and oxygen atoms in total. The second kappa shape index (κ2) is 4.35. The molecule has 1 aromatic carbocycles. The Kier molecular flexibility index (Phi) is 2.68. The van der Waals surface area contributed by atoms with Gasteiger partial charge in [-0.15, -0.1) is 0 Å². The third-order valence-corrected chi connectivity index (χ3v) is 3.08. The number of halogens is 1. The average molecular weight is 259 g/mol. The smallest absolute Gasteiger partial charge is 0.155 e. The summed E-state index contributed by atoms with van der Waals surface area (Å²) in [6, 6.07) is 10.9. The Hall–Kier alpha value is -2.00. The predicted molar refractivity (Wildman–Crippen MR) is 71.1 cm³/mol. The molecule has 3 aromatic rings. The predicted octanol–water partition coefficient (Wildman–Crippen LogP) is 3.28. The Bertz CT molecular complexity index is 706. The highest BCUT2D eigenvalue weighted by Crippen LogP contribution is 2.19. The van der Waals surface area contributed by atoms with E-state index in [9.17, 15) is 5.11 Å². The Balaban J connectivity index is 1.98. The normalized spacial score (nSPS) is 10.9. The van der Waals surface area contributed by atoms with E-state index in [2.05, 4.69) is 4.98 Å². The molecule has 0 fully saturated rings. The van der Waals surface area contributed by atoms with Crippen LogP contribution in [0, 0.1) is 0 Å². The fourth-order valence-electron chi connectivity index (χ4n) is 1.99. The van der Waals surface area contributed by atoms with E-state index in [-0.39, 0.29) is 5.75 Å². The molecule has 0 spiro atoms. The lowest BCUT2D eigenvalue weighted by Crippen LogP contribution is -1.87. The number of hydrogen-bond donors (Lipinski definition) is 1. The van der Waals surface area contributed by atoms with Gasteiger partial charge in [-0.05, 0) is 29.8 Å². The van der Waals surface area contributed by atoms with Crippen LogP contribution in [-0.2, 0) is 6.42 Å². The first-order valence-electron chi connectivity index (χ1n) is 5.62. The van der Waals surface area contributed by atoms with Crippen LogP contribution in [-0.4, -0.2) is 14.5 Å². The van der Waals surface area contributed by atoms with Gasteiger partial charge in [0.15, 0.2) is 5.65 Å². The Morgan fingerprint density at radius 2 is 2.11 bits per heavy atom. The van der Waals surface area contributed by atoms with Crippen LogP contribution in [0.25, 0.3) is 5.65 Å². The number of aromatic hydroxyl groups is 1. The first kappa shape index (κ1) is 11.1. The van der Waals surface area contributed by atoms with Crippen LogP contribution in [0.1, 0.15) is 11.3 Å². The zero-order chi connectivity index (χ0) is 12.5. The minimum Gasteiger partial charge on any atom is -0.508 e. The zero-order valence-electron chi connectivity index (χ0n) is 9.55. The van der Waals surface area contributed by atoms with Crippen LogP contribution in [0.3, 0.4) is 0 Å². The molecule has 2 heterocycles. The van der Waals surface area contributed by atoms with Gasteiger partial charge in [-0.3, -0.25) is 0 Å². The van der Waals surface area contributed by atoms with Crippen molar-refractivity contribution >= 4 is 17.2 Å². The summed E-state index contributed by atoms with van der Waals surface area (Å²) in [5.74, 6) is 0.272. The molecule has 0 aliphatic rings. The van der Waals surface area contributed by atoms with Gasteiger partial charge in [-0.2, -0.15) is 0 Å². The molecule has 0 aliphatic carbocycles. The van der Waals surface area contributed by atoms with Gasteiger partial charge in [-0.25, -0.2) is 4.98 Å². The number of rotatable bonds is 2. The third-order valence-electron chi connectivity index (χ3n) is 2.78. The molecule has 0 aliphatic heterocycles. The molecule has 0 atom stereocenters. The topological polar surface area (TPSA) is 37.5 Å². The van der Waals surface area contributed by atoms with Crippen molar-refractivity contribution in [1.29, 1.82) is 0 Å². The maximum atomic E-state index is 9.43. The van der Waals surface area contributed by atoms with E-state index in [1.165, 1.54) is 0 Å².